The molecule has 3 unspecified atom stereocenters. The summed E-state index contributed by atoms with van der Waals surface area (Å²) in [7, 11) is 0. The minimum absolute atomic E-state index is 0.357. The Hall–Kier alpha value is -0.160. The van der Waals surface area contributed by atoms with E-state index in [-0.39, 0.29) is 0 Å². The second kappa shape index (κ2) is 5.80. The zero-order chi connectivity index (χ0) is 10.5. The first-order valence-corrected chi connectivity index (χ1v) is 6.05. The third kappa shape index (κ3) is 3.14. The van der Waals surface area contributed by atoms with Gasteiger partial charge in [-0.1, -0.05) is 0 Å². The predicted molar refractivity (Wildman–Crippen MR) is 58.2 cm³/mol. The summed E-state index contributed by atoms with van der Waals surface area (Å²) >= 11 is 0. The molecule has 2 saturated heterocycles. The standard InChI is InChI=1S/C11H22N2O2/c12-13-11(9-4-6-14-8-9)7-10-3-1-2-5-15-10/h9-11,13H,1-8,12H2. The van der Waals surface area contributed by atoms with Gasteiger partial charge in [-0.2, -0.15) is 0 Å². The molecule has 2 aliphatic heterocycles. The normalized spacial score (nSPS) is 34.2. The van der Waals surface area contributed by atoms with Crippen LogP contribution in [0.1, 0.15) is 32.1 Å². The van der Waals surface area contributed by atoms with Gasteiger partial charge in [0, 0.05) is 25.2 Å². The van der Waals surface area contributed by atoms with Crippen molar-refractivity contribution in [3.63, 3.8) is 0 Å². The highest BCUT2D eigenvalue weighted by atomic mass is 16.5. The lowest BCUT2D eigenvalue weighted by molar-refractivity contribution is 0.000674. The Kier molecular flexibility index (Phi) is 4.38. The molecule has 0 aliphatic carbocycles. The van der Waals surface area contributed by atoms with Crippen molar-refractivity contribution in [2.75, 3.05) is 19.8 Å². The van der Waals surface area contributed by atoms with E-state index < -0.39 is 0 Å². The fraction of sp³-hybridized carbons (Fsp3) is 1.00. The van der Waals surface area contributed by atoms with Gasteiger partial charge in [0.05, 0.1) is 12.7 Å². The highest BCUT2D eigenvalue weighted by Crippen LogP contribution is 2.23. The Balaban J connectivity index is 1.78. The average Bonchev–Trinajstić information content (AvgIpc) is 2.81. The molecule has 0 spiro atoms. The SMILES string of the molecule is NNC(CC1CCCCO1)C1CCOC1. The highest BCUT2D eigenvalue weighted by Gasteiger charge is 2.28. The third-order valence-corrected chi connectivity index (χ3v) is 3.54. The van der Waals surface area contributed by atoms with Crippen LogP contribution in [0.2, 0.25) is 0 Å². The molecular formula is C11H22N2O2. The first-order valence-electron chi connectivity index (χ1n) is 6.05. The van der Waals surface area contributed by atoms with Crippen LogP contribution in [-0.2, 0) is 9.47 Å². The van der Waals surface area contributed by atoms with Crippen LogP contribution in [0.4, 0.5) is 0 Å². The third-order valence-electron chi connectivity index (χ3n) is 3.54. The van der Waals surface area contributed by atoms with E-state index in [0.29, 0.717) is 18.1 Å². The molecule has 0 bridgehead atoms. The topological polar surface area (TPSA) is 56.5 Å². The molecule has 15 heavy (non-hydrogen) atoms. The Morgan fingerprint density at radius 1 is 1.27 bits per heavy atom. The number of nitrogens with one attached hydrogen (secondary N) is 1. The number of hydrazine groups is 1. The first kappa shape index (κ1) is 11.3. The van der Waals surface area contributed by atoms with Crippen LogP contribution in [0.3, 0.4) is 0 Å². The summed E-state index contributed by atoms with van der Waals surface area (Å²) in [5, 5.41) is 0. The second-order valence-corrected chi connectivity index (χ2v) is 4.62. The lowest BCUT2D eigenvalue weighted by Crippen LogP contribution is -2.44. The van der Waals surface area contributed by atoms with Crippen LogP contribution in [0, 0.1) is 5.92 Å². The zero-order valence-electron chi connectivity index (χ0n) is 9.28. The molecule has 3 N–H and O–H groups in total. The van der Waals surface area contributed by atoms with Crippen LogP contribution >= 0.6 is 0 Å². The number of hydrogen-bond donors (Lipinski definition) is 2. The van der Waals surface area contributed by atoms with E-state index in [9.17, 15) is 0 Å². The lowest BCUT2D eigenvalue weighted by Gasteiger charge is -2.29. The molecule has 88 valence electrons. The molecule has 4 nitrogen and oxygen atoms in total. The van der Waals surface area contributed by atoms with E-state index in [4.69, 9.17) is 15.3 Å². The average molecular weight is 214 g/mol. The molecule has 2 rings (SSSR count). The van der Waals surface area contributed by atoms with E-state index in [1.807, 2.05) is 0 Å². The molecule has 0 aromatic heterocycles. The monoisotopic (exact) mass is 214 g/mol. The minimum Gasteiger partial charge on any atom is -0.381 e. The summed E-state index contributed by atoms with van der Waals surface area (Å²) in [5.74, 6) is 6.18. The molecule has 0 aromatic carbocycles. The van der Waals surface area contributed by atoms with Crippen molar-refractivity contribution in [3.8, 4) is 0 Å². The lowest BCUT2D eigenvalue weighted by atomic mass is 9.92. The fourth-order valence-corrected chi connectivity index (χ4v) is 2.54. The summed E-state index contributed by atoms with van der Waals surface area (Å²) in [4.78, 5) is 0. The van der Waals surface area contributed by atoms with E-state index in [2.05, 4.69) is 5.43 Å². The Labute approximate surface area is 91.5 Å². The van der Waals surface area contributed by atoms with Crippen molar-refractivity contribution < 1.29 is 9.47 Å². The van der Waals surface area contributed by atoms with Gasteiger partial charge in [0.2, 0.25) is 0 Å². The van der Waals surface area contributed by atoms with Crippen molar-refractivity contribution in [2.24, 2.45) is 11.8 Å². The minimum atomic E-state index is 0.357. The first-order chi connectivity index (χ1) is 7.40. The predicted octanol–water partition coefficient (Wildman–Crippen LogP) is 0.814. The number of hydrogen-bond acceptors (Lipinski definition) is 4. The smallest absolute Gasteiger partial charge is 0.0590 e. The van der Waals surface area contributed by atoms with Crippen molar-refractivity contribution in [1.29, 1.82) is 0 Å². The molecule has 0 amide bonds. The van der Waals surface area contributed by atoms with E-state index >= 15 is 0 Å². The van der Waals surface area contributed by atoms with Crippen LogP contribution < -0.4 is 11.3 Å². The molecule has 2 heterocycles. The van der Waals surface area contributed by atoms with E-state index in [1.54, 1.807) is 0 Å². The van der Waals surface area contributed by atoms with Gasteiger partial charge in [0.1, 0.15) is 0 Å². The summed E-state index contributed by atoms with van der Waals surface area (Å²) in [5.41, 5.74) is 2.93. The largest absolute Gasteiger partial charge is 0.381 e. The molecule has 4 heteroatoms. The van der Waals surface area contributed by atoms with Crippen LogP contribution in [0.25, 0.3) is 0 Å². The maximum atomic E-state index is 5.73. The van der Waals surface area contributed by atoms with Crippen LogP contribution in [-0.4, -0.2) is 32.0 Å². The van der Waals surface area contributed by atoms with Gasteiger partial charge in [-0.05, 0) is 32.1 Å². The van der Waals surface area contributed by atoms with Gasteiger partial charge in [0.25, 0.3) is 0 Å². The summed E-state index contributed by atoms with van der Waals surface area (Å²) in [6, 6.07) is 0.357. The van der Waals surface area contributed by atoms with Gasteiger partial charge in [0.15, 0.2) is 0 Å². The molecule has 2 aliphatic rings. The summed E-state index contributed by atoms with van der Waals surface area (Å²) in [6.45, 7) is 2.65. The Morgan fingerprint density at radius 2 is 2.20 bits per heavy atom. The number of ether oxygens (including phenoxy) is 2. The quantitative estimate of drug-likeness (QED) is 0.537. The molecule has 2 fully saturated rings. The molecule has 0 aromatic rings. The maximum Gasteiger partial charge on any atom is 0.0590 e. The van der Waals surface area contributed by atoms with E-state index in [1.165, 1.54) is 19.3 Å². The van der Waals surface area contributed by atoms with Crippen molar-refractivity contribution in [1.82, 2.24) is 5.43 Å². The van der Waals surface area contributed by atoms with Gasteiger partial charge in [-0.15, -0.1) is 0 Å². The Bertz CT molecular complexity index is 177. The molecular weight excluding hydrogens is 192 g/mol. The van der Waals surface area contributed by atoms with Crippen molar-refractivity contribution >= 4 is 0 Å². The van der Waals surface area contributed by atoms with Crippen molar-refractivity contribution in [2.45, 2.75) is 44.2 Å². The van der Waals surface area contributed by atoms with Crippen LogP contribution in [0.5, 0.6) is 0 Å². The summed E-state index contributed by atoms with van der Waals surface area (Å²) < 4.78 is 11.1. The van der Waals surface area contributed by atoms with Gasteiger partial charge in [-0.25, -0.2) is 0 Å². The fourth-order valence-electron chi connectivity index (χ4n) is 2.54. The second-order valence-electron chi connectivity index (χ2n) is 4.62. The molecule has 0 radical (unpaired) electrons. The summed E-state index contributed by atoms with van der Waals surface area (Å²) in [6.07, 6.45) is 6.26. The van der Waals surface area contributed by atoms with Gasteiger partial charge in [-0.3, -0.25) is 11.3 Å². The van der Waals surface area contributed by atoms with E-state index in [0.717, 1.165) is 32.7 Å². The van der Waals surface area contributed by atoms with Gasteiger partial charge < -0.3 is 9.47 Å². The number of nitrogens with two attached hydrogens (primary N) is 1. The van der Waals surface area contributed by atoms with Gasteiger partial charge >= 0.3 is 0 Å². The Morgan fingerprint density at radius 3 is 2.80 bits per heavy atom. The highest BCUT2D eigenvalue weighted by molar-refractivity contribution is 4.81. The molecule has 0 saturated carbocycles. The molecule has 3 atom stereocenters. The zero-order valence-corrected chi connectivity index (χ0v) is 9.28. The van der Waals surface area contributed by atoms with Crippen LogP contribution in [0.15, 0.2) is 0 Å². The number of rotatable bonds is 4. The van der Waals surface area contributed by atoms with Crippen molar-refractivity contribution in [3.05, 3.63) is 0 Å². The maximum absolute atomic E-state index is 5.73.